The predicted octanol–water partition coefficient (Wildman–Crippen LogP) is 0.550. The molecule has 0 aliphatic rings. The van der Waals surface area contributed by atoms with Crippen molar-refractivity contribution in [1.29, 1.82) is 0 Å². The molecule has 1 atom stereocenters. The lowest BCUT2D eigenvalue weighted by Gasteiger charge is -2.10. The maximum Gasteiger partial charge on any atom is 0.221 e. The van der Waals surface area contributed by atoms with Gasteiger partial charge in [0.25, 0.3) is 0 Å². The zero-order valence-corrected chi connectivity index (χ0v) is 9.59. The van der Waals surface area contributed by atoms with E-state index in [2.05, 4.69) is 10.4 Å². The van der Waals surface area contributed by atoms with Crippen LogP contribution in [0.15, 0.2) is 18.5 Å². The van der Waals surface area contributed by atoms with Crippen LogP contribution in [0.4, 0.5) is 0 Å². The van der Waals surface area contributed by atoms with E-state index in [9.17, 15) is 9.90 Å². The molecule has 1 heterocycles. The number of nitrogens with one attached hydrogen (secondary N) is 1. The van der Waals surface area contributed by atoms with Crippen LogP contribution in [0.2, 0.25) is 0 Å². The van der Waals surface area contributed by atoms with Crippen LogP contribution in [0.5, 0.6) is 0 Å². The lowest BCUT2D eigenvalue weighted by Crippen LogP contribution is -2.32. The molecule has 0 spiro atoms. The Labute approximate surface area is 95.5 Å². The Morgan fingerprint density at radius 3 is 3.06 bits per heavy atom. The van der Waals surface area contributed by atoms with Gasteiger partial charge < -0.3 is 10.4 Å². The molecule has 5 nitrogen and oxygen atoms in total. The number of hydrogen-bond donors (Lipinski definition) is 2. The Bertz CT molecular complexity index is 298. The van der Waals surface area contributed by atoms with Crippen LogP contribution in [0, 0.1) is 0 Å². The van der Waals surface area contributed by atoms with Gasteiger partial charge >= 0.3 is 0 Å². The van der Waals surface area contributed by atoms with Crippen molar-refractivity contribution in [1.82, 2.24) is 15.1 Å². The molecule has 1 rings (SSSR count). The van der Waals surface area contributed by atoms with Gasteiger partial charge in [0.2, 0.25) is 5.91 Å². The summed E-state index contributed by atoms with van der Waals surface area (Å²) in [6, 6.07) is 1.82. The summed E-state index contributed by atoms with van der Waals surface area (Å²) in [5, 5.41) is 16.1. The van der Waals surface area contributed by atoms with Gasteiger partial charge in [-0.05, 0) is 12.5 Å². The number of aromatic nitrogens is 2. The second-order valence-corrected chi connectivity index (χ2v) is 3.77. The summed E-state index contributed by atoms with van der Waals surface area (Å²) in [6.07, 6.45) is 5.10. The molecule has 0 saturated heterocycles. The Hall–Kier alpha value is -1.36. The molecule has 0 aliphatic carbocycles. The average Bonchev–Trinajstić information content (AvgIpc) is 2.77. The summed E-state index contributed by atoms with van der Waals surface area (Å²) in [4.78, 5) is 11.4. The fourth-order valence-corrected chi connectivity index (χ4v) is 1.40. The fraction of sp³-hybridized carbons (Fsp3) is 0.636. The molecular formula is C11H19N3O2. The summed E-state index contributed by atoms with van der Waals surface area (Å²) < 4.78 is 1.71. The first-order valence-corrected chi connectivity index (χ1v) is 5.64. The number of aliphatic hydroxyl groups is 1. The highest BCUT2D eigenvalue weighted by Gasteiger charge is 2.06. The van der Waals surface area contributed by atoms with Crippen molar-refractivity contribution >= 4 is 5.91 Å². The molecule has 90 valence electrons. The highest BCUT2D eigenvalue weighted by molar-refractivity contribution is 5.75. The first kappa shape index (κ1) is 12.7. The zero-order chi connectivity index (χ0) is 11.8. The number of amides is 1. The van der Waals surface area contributed by atoms with Crippen LogP contribution < -0.4 is 5.32 Å². The largest absolute Gasteiger partial charge is 0.391 e. The van der Waals surface area contributed by atoms with Gasteiger partial charge in [0, 0.05) is 31.9 Å². The summed E-state index contributed by atoms with van der Waals surface area (Å²) in [7, 11) is 0. The summed E-state index contributed by atoms with van der Waals surface area (Å²) >= 11 is 0. The number of nitrogens with zero attached hydrogens (tertiary/aromatic N) is 2. The van der Waals surface area contributed by atoms with E-state index in [0.29, 0.717) is 19.5 Å². The Kier molecular flexibility index (Phi) is 5.56. The fourth-order valence-electron chi connectivity index (χ4n) is 1.40. The second kappa shape index (κ2) is 7.00. The molecule has 2 N–H and O–H groups in total. The molecule has 0 saturated carbocycles. The highest BCUT2D eigenvalue weighted by atomic mass is 16.3. The number of carbonyl (C=O) groups excluding carboxylic acids is 1. The molecule has 0 aromatic carbocycles. The van der Waals surface area contributed by atoms with Crippen LogP contribution in [0.1, 0.15) is 26.2 Å². The first-order valence-electron chi connectivity index (χ1n) is 5.64. The molecule has 1 unspecified atom stereocenters. The Morgan fingerprint density at radius 2 is 2.44 bits per heavy atom. The normalized spacial score (nSPS) is 12.4. The van der Waals surface area contributed by atoms with Crippen molar-refractivity contribution in [3.05, 3.63) is 18.5 Å². The van der Waals surface area contributed by atoms with Crippen molar-refractivity contribution in [2.75, 3.05) is 6.54 Å². The lowest BCUT2D eigenvalue weighted by molar-refractivity contribution is -0.121. The highest BCUT2D eigenvalue weighted by Crippen LogP contribution is 1.94. The minimum atomic E-state index is -0.432. The maximum atomic E-state index is 11.4. The molecule has 0 fully saturated rings. The van der Waals surface area contributed by atoms with E-state index in [0.717, 1.165) is 12.8 Å². The molecular weight excluding hydrogens is 206 g/mol. The van der Waals surface area contributed by atoms with Crippen LogP contribution in [0.3, 0.4) is 0 Å². The molecule has 0 radical (unpaired) electrons. The summed E-state index contributed by atoms with van der Waals surface area (Å²) in [6.45, 7) is 2.91. The third kappa shape index (κ3) is 4.93. The Morgan fingerprint density at radius 1 is 1.62 bits per heavy atom. The summed E-state index contributed by atoms with van der Waals surface area (Å²) in [5.74, 6) is -0.0503. The average molecular weight is 225 g/mol. The minimum Gasteiger partial charge on any atom is -0.391 e. The maximum absolute atomic E-state index is 11.4. The summed E-state index contributed by atoms with van der Waals surface area (Å²) in [5.41, 5.74) is 0. The van der Waals surface area contributed by atoms with Gasteiger partial charge in [0.15, 0.2) is 0 Å². The van der Waals surface area contributed by atoms with E-state index in [1.807, 2.05) is 19.2 Å². The SMILES string of the molecule is CCCC(O)CNC(=O)CCn1cccn1. The quantitative estimate of drug-likeness (QED) is 0.712. The van der Waals surface area contributed by atoms with Crippen LogP contribution in [0.25, 0.3) is 0 Å². The molecule has 5 heteroatoms. The van der Waals surface area contributed by atoms with E-state index in [4.69, 9.17) is 0 Å². The van der Waals surface area contributed by atoms with Crippen molar-refractivity contribution in [2.45, 2.75) is 38.8 Å². The van der Waals surface area contributed by atoms with Crippen molar-refractivity contribution in [2.24, 2.45) is 0 Å². The molecule has 0 aliphatic heterocycles. The van der Waals surface area contributed by atoms with Gasteiger partial charge in [0.05, 0.1) is 6.10 Å². The minimum absolute atomic E-state index is 0.0503. The smallest absolute Gasteiger partial charge is 0.221 e. The second-order valence-electron chi connectivity index (χ2n) is 3.77. The number of aryl methyl sites for hydroxylation is 1. The standard InChI is InChI=1S/C11H19N3O2/c1-2-4-10(15)9-12-11(16)5-8-14-7-3-6-13-14/h3,6-7,10,15H,2,4-5,8-9H2,1H3,(H,12,16). The number of aliphatic hydroxyl groups excluding tert-OH is 1. The lowest BCUT2D eigenvalue weighted by atomic mass is 10.2. The predicted molar refractivity (Wildman–Crippen MR) is 60.8 cm³/mol. The van der Waals surface area contributed by atoms with Gasteiger partial charge in [-0.2, -0.15) is 5.10 Å². The number of carbonyl (C=O) groups is 1. The van der Waals surface area contributed by atoms with Gasteiger partial charge in [-0.1, -0.05) is 13.3 Å². The van der Waals surface area contributed by atoms with Gasteiger partial charge in [-0.25, -0.2) is 0 Å². The van der Waals surface area contributed by atoms with Gasteiger partial charge in [-0.3, -0.25) is 9.48 Å². The molecule has 0 bridgehead atoms. The van der Waals surface area contributed by atoms with Crippen LogP contribution >= 0.6 is 0 Å². The Balaban J connectivity index is 2.11. The first-order chi connectivity index (χ1) is 7.72. The monoisotopic (exact) mass is 225 g/mol. The van der Waals surface area contributed by atoms with Crippen LogP contribution in [-0.4, -0.2) is 33.4 Å². The van der Waals surface area contributed by atoms with Crippen molar-refractivity contribution in [3.63, 3.8) is 0 Å². The van der Waals surface area contributed by atoms with E-state index >= 15 is 0 Å². The van der Waals surface area contributed by atoms with E-state index in [1.165, 1.54) is 0 Å². The van der Waals surface area contributed by atoms with Gasteiger partial charge in [0.1, 0.15) is 0 Å². The number of rotatable bonds is 7. The van der Waals surface area contributed by atoms with Crippen molar-refractivity contribution in [3.8, 4) is 0 Å². The molecule has 1 aromatic rings. The third-order valence-corrected chi connectivity index (χ3v) is 2.28. The van der Waals surface area contributed by atoms with Gasteiger partial charge in [-0.15, -0.1) is 0 Å². The zero-order valence-electron chi connectivity index (χ0n) is 9.59. The molecule has 1 amide bonds. The van der Waals surface area contributed by atoms with Crippen molar-refractivity contribution < 1.29 is 9.90 Å². The topological polar surface area (TPSA) is 67.2 Å². The van der Waals surface area contributed by atoms with Crippen LogP contribution in [-0.2, 0) is 11.3 Å². The molecule has 1 aromatic heterocycles. The van der Waals surface area contributed by atoms with E-state index in [-0.39, 0.29) is 5.91 Å². The number of hydrogen-bond acceptors (Lipinski definition) is 3. The third-order valence-electron chi connectivity index (χ3n) is 2.28. The molecule has 16 heavy (non-hydrogen) atoms. The van der Waals surface area contributed by atoms with E-state index in [1.54, 1.807) is 10.9 Å². The van der Waals surface area contributed by atoms with E-state index < -0.39 is 6.10 Å².